The van der Waals surface area contributed by atoms with Crippen LogP contribution in [0.1, 0.15) is 32.4 Å². The first-order valence-corrected chi connectivity index (χ1v) is 5.16. The van der Waals surface area contributed by atoms with Gasteiger partial charge >= 0.3 is 0 Å². The van der Waals surface area contributed by atoms with Gasteiger partial charge in [0.25, 0.3) is 0 Å². The first kappa shape index (κ1) is 9.66. The Hall–Kier alpha value is -0.890. The van der Waals surface area contributed by atoms with Gasteiger partial charge in [0, 0.05) is 18.3 Å². The zero-order valence-corrected chi connectivity index (χ0v) is 8.83. The molecule has 14 heavy (non-hydrogen) atoms. The highest BCUT2D eigenvalue weighted by Gasteiger charge is 2.52. The first-order valence-electron chi connectivity index (χ1n) is 5.16. The van der Waals surface area contributed by atoms with Gasteiger partial charge in [0.15, 0.2) is 0 Å². The highest BCUT2D eigenvalue weighted by molar-refractivity contribution is 5.12. The lowest BCUT2D eigenvalue weighted by molar-refractivity contribution is -0.00783. The van der Waals surface area contributed by atoms with E-state index in [1.54, 1.807) is 6.20 Å². The van der Waals surface area contributed by atoms with E-state index in [1.807, 2.05) is 25.1 Å². The normalized spacial score (nSPS) is 22.8. The first-order chi connectivity index (χ1) is 6.54. The summed E-state index contributed by atoms with van der Waals surface area (Å²) in [6, 6.07) is 5.84. The number of pyridine rings is 1. The molecule has 76 valence electrons. The zero-order valence-electron chi connectivity index (χ0n) is 8.83. The molecule has 1 unspecified atom stereocenters. The van der Waals surface area contributed by atoms with Gasteiger partial charge in [-0.25, -0.2) is 0 Å². The summed E-state index contributed by atoms with van der Waals surface area (Å²) in [5.41, 5.74) is 0.483. The minimum Gasteiger partial charge on any atom is -0.389 e. The van der Waals surface area contributed by atoms with E-state index in [2.05, 4.69) is 11.9 Å². The third-order valence-electron chi connectivity index (χ3n) is 3.55. The molecule has 2 heteroatoms. The summed E-state index contributed by atoms with van der Waals surface area (Å²) < 4.78 is 0. The van der Waals surface area contributed by atoms with Crippen LogP contribution in [0.2, 0.25) is 0 Å². The molecule has 1 heterocycles. The van der Waals surface area contributed by atoms with Crippen molar-refractivity contribution >= 4 is 0 Å². The maximum Gasteiger partial charge on any atom is 0.0728 e. The highest BCUT2D eigenvalue weighted by atomic mass is 16.3. The van der Waals surface area contributed by atoms with Gasteiger partial charge < -0.3 is 5.11 Å². The molecule has 0 aromatic carbocycles. The van der Waals surface area contributed by atoms with Crippen LogP contribution in [0.4, 0.5) is 0 Å². The van der Waals surface area contributed by atoms with Crippen LogP contribution in [-0.2, 0) is 6.42 Å². The monoisotopic (exact) mass is 191 g/mol. The van der Waals surface area contributed by atoms with Crippen molar-refractivity contribution in [3.63, 3.8) is 0 Å². The Labute approximate surface area is 85.0 Å². The van der Waals surface area contributed by atoms with E-state index in [0.717, 1.165) is 18.5 Å². The van der Waals surface area contributed by atoms with Crippen LogP contribution in [0, 0.1) is 5.41 Å². The Bertz CT molecular complexity index is 314. The summed E-state index contributed by atoms with van der Waals surface area (Å²) >= 11 is 0. The smallest absolute Gasteiger partial charge is 0.0728 e. The van der Waals surface area contributed by atoms with E-state index in [0.29, 0.717) is 6.42 Å². The Morgan fingerprint density at radius 2 is 2.21 bits per heavy atom. The van der Waals surface area contributed by atoms with Gasteiger partial charge in [-0.05, 0) is 37.3 Å². The van der Waals surface area contributed by atoms with Crippen LogP contribution in [0.25, 0.3) is 0 Å². The van der Waals surface area contributed by atoms with Gasteiger partial charge in [-0.3, -0.25) is 4.98 Å². The zero-order chi connectivity index (χ0) is 10.2. The fourth-order valence-corrected chi connectivity index (χ4v) is 1.79. The summed E-state index contributed by atoms with van der Waals surface area (Å²) in [5, 5.41) is 10.3. The predicted molar refractivity (Wildman–Crippen MR) is 55.9 cm³/mol. The quantitative estimate of drug-likeness (QED) is 0.794. The van der Waals surface area contributed by atoms with Crippen LogP contribution in [0.3, 0.4) is 0 Å². The van der Waals surface area contributed by atoms with Crippen molar-refractivity contribution in [3.05, 3.63) is 30.1 Å². The minimum atomic E-state index is -0.610. The van der Waals surface area contributed by atoms with Crippen molar-refractivity contribution in [2.45, 2.75) is 38.7 Å². The third-order valence-corrected chi connectivity index (χ3v) is 3.55. The minimum absolute atomic E-state index is 0.116. The van der Waals surface area contributed by atoms with E-state index >= 15 is 0 Å². The van der Waals surface area contributed by atoms with Gasteiger partial charge in [0.2, 0.25) is 0 Å². The van der Waals surface area contributed by atoms with Gasteiger partial charge in [-0.1, -0.05) is 13.0 Å². The molecule has 1 atom stereocenters. The molecular formula is C12H17NO. The second-order valence-corrected chi connectivity index (χ2v) is 4.83. The Morgan fingerprint density at radius 3 is 2.71 bits per heavy atom. The van der Waals surface area contributed by atoms with E-state index in [-0.39, 0.29) is 5.41 Å². The van der Waals surface area contributed by atoms with Crippen LogP contribution in [0.15, 0.2) is 24.4 Å². The van der Waals surface area contributed by atoms with Crippen molar-refractivity contribution in [2.24, 2.45) is 5.41 Å². The summed E-state index contributed by atoms with van der Waals surface area (Å²) in [7, 11) is 0. The number of rotatable bonds is 3. The second-order valence-electron chi connectivity index (χ2n) is 4.83. The molecule has 0 aliphatic heterocycles. The number of aromatic nitrogens is 1. The molecule has 1 N–H and O–H groups in total. The molecule has 2 nitrogen and oxygen atoms in total. The highest BCUT2D eigenvalue weighted by Crippen LogP contribution is 2.54. The Morgan fingerprint density at radius 1 is 1.50 bits per heavy atom. The molecule has 1 aromatic heterocycles. The molecule has 0 amide bonds. The van der Waals surface area contributed by atoms with Crippen molar-refractivity contribution in [3.8, 4) is 0 Å². The van der Waals surface area contributed by atoms with Crippen molar-refractivity contribution in [1.29, 1.82) is 0 Å². The molecule has 0 saturated heterocycles. The summed E-state index contributed by atoms with van der Waals surface area (Å²) in [6.07, 6.45) is 4.70. The van der Waals surface area contributed by atoms with Gasteiger partial charge in [0.05, 0.1) is 5.60 Å². The van der Waals surface area contributed by atoms with E-state index in [1.165, 1.54) is 0 Å². The number of aliphatic hydroxyl groups is 1. The molecule has 1 aliphatic rings. The number of hydrogen-bond acceptors (Lipinski definition) is 2. The van der Waals surface area contributed by atoms with E-state index in [9.17, 15) is 5.11 Å². The molecule has 1 aromatic rings. The van der Waals surface area contributed by atoms with Crippen LogP contribution < -0.4 is 0 Å². The topological polar surface area (TPSA) is 33.1 Å². The van der Waals surface area contributed by atoms with Gasteiger partial charge in [0.1, 0.15) is 0 Å². The molecule has 2 rings (SSSR count). The van der Waals surface area contributed by atoms with Crippen molar-refractivity contribution in [2.75, 3.05) is 0 Å². The average Bonchev–Trinajstić information content (AvgIpc) is 2.86. The third kappa shape index (κ3) is 1.67. The lowest BCUT2D eigenvalue weighted by Crippen LogP contribution is -2.37. The second kappa shape index (κ2) is 3.06. The number of hydrogen-bond donors (Lipinski definition) is 1. The summed E-state index contributed by atoms with van der Waals surface area (Å²) in [6.45, 7) is 4.07. The van der Waals surface area contributed by atoms with Crippen molar-refractivity contribution < 1.29 is 5.11 Å². The van der Waals surface area contributed by atoms with E-state index in [4.69, 9.17) is 0 Å². The molecule has 0 bridgehead atoms. The van der Waals surface area contributed by atoms with Crippen LogP contribution in [0.5, 0.6) is 0 Å². The van der Waals surface area contributed by atoms with Crippen molar-refractivity contribution in [1.82, 2.24) is 4.98 Å². The maximum atomic E-state index is 10.3. The largest absolute Gasteiger partial charge is 0.389 e. The maximum absolute atomic E-state index is 10.3. The van der Waals surface area contributed by atoms with Crippen LogP contribution >= 0.6 is 0 Å². The Balaban J connectivity index is 2.11. The van der Waals surface area contributed by atoms with E-state index < -0.39 is 5.60 Å². The standard InChI is InChI=1S/C12H17NO/c1-11(6-7-11)12(2,14)9-10-5-3-4-8-13-10/h3-5,8,14H,6-7,9H2,1-2H3. The van der Waals surface area contributed by atoms with Gasteiger partial charge in [-0.2, -0.15) is 0 Å². The molecule has 1 aliphatic carbocycles. The fraction of sp³-hybridized carbons (Fsp3) is 0.583. The fourth-order valence-electron chi connectivity index (χ4n) is 1.79. The molecule has 1 saturated carbocycles. The Kier molecular flexibility index (Phi) is 2.11. The van der Waals surface area contributed by atoms with Crippen LogP contribution in [-0.4, -0.2) is 15.7 Å². The average molecular weight is 191 g/mol. The van der Waals surface area contributed by atoms with Gasteiger partial charge in [-0.15, -0.1) is 0 Å². The summed E-state index contributed by atoms with van der Waals surface area (Å²) in [4.78, 5) is 4.25. The lowest BCUT2D eigenvalue weighted by atomic mass is 9.83. The predicted octanol–water partition coefficient (Wildman–Crippen LogP) is 2.18. The molecular weight excluding hydrogens is 174 g/mol. The molecule has 0 radical (unpaired) electrons. The SMILES string of the molecule is CC(O)(Cc1ccccn1)C1(C)CC1. The molecule has 1 fully saturated rings. The molecule has 0 spiro atoms. The lowest BCUT2D eigenvalue weighted by Gasteiger charge is -2.30. The summed E-state index contributed by atoms with van der Waals surface area (Å²) in [5.74, 6) is 0. The number of nitrogens with zero attached hydrogens (tertiary/aromatic N) is 1.